The Hall–Kier alpha value is -4.48. The van der Waals surface area contributed by atoms with Crippen LogP contribution in [0.3, 0.4) is 0 Å². The van der Waals surface area contributed by atoms with Gasteiger partial charge in [0.25, 0.3) is 0 Å². The number of benzene rings is 3. The molecule has 0 radical (unpaired) electrons. The monoisotopic (exact) mass is 1280 g/mol. The Bertz CT molecular complexity index is 3030. The molecular weight excluding hydrogens is 1190 g/mol. The summed E-state index contributed by atoms with van der Waals surface area (Å²) in [5.74, 6) is -2.06. The van der Waals surface area contributed by atoms with Gasteiger partial charge < -0.3 is 61.9 Å². The Morgan fingerprint density at radius 1 is 0.622 bits per heavy atom. The summed E-state index contributed by atoms with van der Waals surface area (Å²) in [6.45, 7) is 20.3. The molecule has 7 aliphatic rings. The van der Waals surface area contributed by atoms with E-state index >= 15 is 0 Å². The molecule has 4 aliphatic carbocycles. The van der Waals surface area contributed by atoms with E-state index in [0.717, 1.165) is 16.2 Å². The van der Waals surface area contributed by atoms with Gasteiger partial charge in [-0.15, -0.1) is 23.5 Å². The quantitative estimate of drug-likeness (QED) is 0.0514. The van der Waals surface area contributed by atoms with Crippen LogP contribution in [0.2, 0.25) is 0 Å². The van der Waals surface area contributed by atoms with Crippen molar-refractivity contribution in [3.8, 4) is 0 Å². The fourth-order valence-electron chi connectivity index (χ4n) is 15.7. The van der Waals surface area contributed by atoms with Gasteiger partial charge >= 0.3 is 17.9 Å². The van der Waals surface area contributed by atoms with Crippen LogP contribution in [-0.2, 0) is 71.2 Å². The summed E-state index contributed by atoms with van der Waals surface area (Å²) >= 11 is 3.13. The molecule has 3 aromatic rings. The molecule has 10 rings (SSSR count). The second-order valence-corrected chi connectivity index (χ2v) is 29.7. The van der Waals surface area contributed by atoms with Crippen LogP contribution in [0.1, 0.15) is 131 Å². The number of esters is 3. The smallest absolute Gasteiger partial charge is 0.338 e. The maximum Gasteiger partial charge on any atom is 0.338 e. The highest BCUT2D eigenvalue weighted by Crippen LogP contribution is 2.69. The zero-order valence-electron chi connectivity index (χ0n) is 54.6. The first-order chi connectivity index (χ1) is 42.9. The molecule has 6 fully saturated rings. The van der Waals surface area contributed by atoms with Crippen molar-refractivity contribution in [1.29, 1.82) is 0 Å². The summed E-state index contributed by atoms with van der Waals surface area (Å²) in [6, 6.07) is 28.7. The van der Waals surface area contributed by atoms with Gasteiger partial charge in [0.15, 0.2) is 31.1 Å². The van der Waals surface area contributed by atoms with E-state index in [1.54, 1.807) is 97.9 Å². The summed E-state index contributed by atoms with van der Waals surface area (Å²) in [4.78, 5) is 56.3. The SMILES string of the molecule is C/C=C(\C)C(=O)O[C@@H]1CC2C(CC=C3C[C@@H](OC4OC(C)C(OC5OC(C)C(OC6OC(C)C(OC(=O)c7ccccc7)C(OC)C6OC(=O)C(C)(C)C)C(OC)C5Sc5ccccc5)C(OC)C4Sc4ccccc4)CC[C@@]32C)[C@@]2(O)CCC(C(C)=O)[C@@]12C. The highest BCUT2D eigenvalue weighted by molar-refractivity contribution is 8.00. The molecule has 0 amide bonds. The minimum atomic E-state index is -1.24. The van der Waals surface area contributed by atoms with Gasteiger partial charge in [0.1, 0.15) is 42.4 Å². The number of Topliss-reactive ketones (excluding diaryl/α,β-unsaturated/α-hetero) is 1. The lowest BCUT2D eigenvalue weighted by molar-refractivity contribution is -0.350. The van der Waals surface area contributed by atoms with E-state index in [2.05, 4.69) is 25.1 Å². The number of carbonyl (C=O) groups is 4. The summed E-state index contributed by atoms with van der Waals surface area (Å²) < 4.78 is 80.4. The van der Waals surface area contributed by atoms with E-state index in [4.69, 9.17) is 56.8 Å². The number of ketones is 1. The third-order valence-corrected chi connectivity index (χ3v) is 23.5. The van der Waals surface area contributed by atoms with E-state index in [1.165, 1.54) is 24.4 Å². The van der Waals surface area contributed by atoms with Gasteiger partial charge in [-0.1, -0.05) is 86.2 Å². The molecule has 19 heteroatoms. The first-order valence-corrected chi connectivity index (χ1v) is 33.8. The van der Waals surface area contributed by atoms with E-state index in [-0.39, 0.29) is 29.1 Å². The van der Waals surface area contributed by atoms with Gasteiger partial charge in [-0.2, -0.15) is 0 Å². The van der Waals surface area contributed by atoms with E-state index in [1.807, 2.05) is 82.3 Å². The maximum atomic E-state index is 13.9. The van der Waals surface area contributed by atoms with Crippen LogP contribution < -0.4 is 0 Å². The van der Waals surface area contributed by atoms with Gasteiger partial charge in [-0.05, 0) is 161 Å². The molecule has 0 aromatic heterocycles. The van der Waals surface area contributed by atoms with E-state index in [9.17, 15) is 24.3 Å². The lowest BCUT2D eigenvalue weighted by Gasteiger charge is -2.63. The summed E-state index contributed by atoms with van der Waals surface area (Å²) in [6.07, 6.45) is -3.51. The van der Waals surface area contributed by atoms with Crippen molar-refractivity contribution in [2.24, 2.45) is 34.0 Å². The van der Waals surface area contributed by atoms with Crippen LogP contribution >= 0.6 is 23.5 Å². The molecule has 18 unspecified atom stereocenters. The predicted octanol–water partition coefficient (Wildman–Crippen LogP) is 11.7. The highest BCUT2D eigenvalue weighted by Gasteiger charge is 2.72. The summed E-state index contributed by atoms with van der Waals surface area (Å²) in [5.41, 5.74) is -1.29. The minimum Gasteiger partial charge on any atom is -0.458 e. The molecule has 1 N–H and O–H groups in total. The van der Waals surface area contributed by atoms with Crippen LogP contribution in [0.5, 0.6) is 0 Å². The van der Waals surface area contributed by atoms with E-state index < -0.39 is 137 Å². The second-order valence-electron chi connectivity index (χ2n) is 27.2. The Morgan fingerprint density at radius 2 is 1.14 bits per heavy atom. The zero-order chi connectivity index (χ0) is 64.6. The second kappa shape index (κ2) is 28.2. The number of thioether (sulfide) groups is 2. The Balaban J connectivity index is 0.902. The fraction of sp³-hybridized carbons (Fsp3) is 0.634. The summed E-state index contributed by atoms with van der Waals surface area (Å²) in [7, 11) is 4.79. The molecule has 3 saturated carbocycles. The molecule has 0 spiro atoms. The molecule has 3 saturated heterocycles. The van der Waals surface area contributed by atoms with Crippen LogP contribution in [0.4, 0.5) is 0 Å². The predicted molar refractivity (Wildman–Crippen MR) is 339 cm³/mol. The van der Waals surface area contributed by atoms with Crippen molar-refractivity contribution in [2.75, 3.05) is 21.3 Å². The van der Waals surface area contributed by atoms with Gasteiger partial charge in [-0.3, -0.25) is 9.59 Å². The molecule has 0 bridgehead atoms. The number of rotatable bonds is 19. The topological polar surface area (TPSA) is 199 Å². The number of carbonyl (C=O) groups excluding carboxylic acids is 4. The molecule has 17 nitrogen and oxygen atoms in total. The van der Waals surface area contributed by atoms with Gasteiger partial charge in [0, 0.05) is 48.0 Å². The molecular formula is C71H94O17S2. The maximum absolute atomic E-state index is 13.9. The molecule has 3 aromatic carbocycles. The average Bonchev–Trinajstić information content (AvgIpc) is 1.40. The van der Waals surface area contributed by atoms with Crippen molar-refractivity contribution in [3.63, 3.8) is 0 Å². The molecule has 492 valence electrons. The van der Waals surface area contributed by atoms with Gasteiger partial charge in [-0.25, -0.2) is 9.59 Å². The number of allylic oxidation sites excluding steroid dienone is 2. The first kappa shape index (κ1) is 68.4. The van der Waals surface area contributed by atoms with Crippen molar-refractivity contribution < 1.29 is 81.1 Å². The number of fused-ring (bicyclic) bond motifs is 5. The van der Waals surface area contributed by atoms with Gasteiger partial charge in [0.05, 0.1) is 51.5 Å². The number of aliphatic hydroxyl groups is 1. The molecule has 3 aliphatic heterocycles. The standard InChI is InChI=1S/C71H94O17S2/c1-15-39(2)62(73)84-52-38-51-50(71(76)36-34-49(40(3)72)70(52,71)11)32-31-45-37-46(33-35-69(45,51)10)83-65-60(89-47-27-21-17-22-28-47)58(79-14)55(43(6)81-65)87-66-61(90-48-29-23-18-24-30-48)57(78-13)54(42(5)82-66)86-64-59(88-67(75)68(7,8)9)56(77-12)53(41(4)80-64)85-63(74)44-25-19-16-20-26-44/h15-31,41-43,46,49-61,64-66,76H,32-38H2,1-14H3/b39-15+/t41?,42?,43?,46-,49?,50?,51?,52+,53?,54?,55?,56?,57?,58?,59?,60?,61?,64?,65?,66?,69-,70-,71-/m0/s1. The van der Waals surface area contributed by atoms with Crippen molar-refractivity contribution >= 4 is 47.2 Å². The Kier molecular flexibility index (Phi) is 21.4. The summed E-state index contributed by atoms with van der Waals surface area (Å²) in [5, 5.41) is 12.1. The number of ether oxygens (including phenoxy) is 12. The fourth-order valence-corrected chi connectivity index (χ4v) is 18.2. The third kappa shape index (κ3) is 13.5. The molecule has 23 atom stereocenters. The number of hydrogen-bond donors (Lipinski definition) is 1. The van der Waals surface area contributed by atoms with Crippen molar-refractivity contribution in [3.05, 3.63) is 120 Å². The average molecular weight is 1280 g/mol. The lowest BCUT2D eigenvalue weighted by atomic mass is 9.45. The highest BCUT2D eigenvalue weighted by atomic mass is 32.2. The number of hydrogen-bond acceptors (Lipinski definition) is 19. The van der Waals surface area contributed by atoms with Crippen molar-refractivity contribution in [2.45, 2.75) is 239 Å². The number of methoxy groups -OCH3 is 3. The van der Waals surface area contributed by atoms with Crippen LogP contribution in [-0.4, -0.2) is 158 Å². The Labute approximate surface area is 540 Å². The third-order valence-electron chi connectivity index (χ3n) is 20.9. The van der Waals surface area contributed by atoms with Gasteiger partial charge in [0.2, 0.25) is 0 Å². The molecule has 3 heterocycles. The van der Waals surface area contributed by atoms with E-state index in [0.29, 0.717) is 49.7 Å². The normalized spacial score (nSPS) is 39.4. The largest absolute Gasteiger partial charge is 0.458 e. The first-order valence-electron chi connectivity index (χ1n) is 32.1. The van der Waals surface area contributed by atoms with Crippen LogP contribution in [0.15, 0.2) is 124 Å². The minimum absolute atomic E-state index is 0.00385. The lowest BCUT2D eigenvalue weighted by Crippen LogP contribution is -2.67. The Morgan fingerprint density at radius 3 is 1.68 bits per heavy atom. The molecule has 90 heavy (non-hydrogen) atoms. The van der Waals surface area contributed by atoms with Crippen LogP contribution in [0.25, 0.3) is 0 Å². The van der Waals surface area contributed by atoms with Crippen LogP contribution in [0, 0.1) is 34.0 Å². The van der Waals surface area contributed by atoms with Crippen molar-refractivity contribution in [1.82, 2.24) is 0 Å². The zero-order valence-corrected chi connectivity index (χ0v) is 56.2.